The van der Waals surface area contributed by atoms with Crippen molar-refractivity contribution in [2.75, 3.05) is 11.4 Å². The molecule has 4 rings (SSSR count). The molecular weight excluding hydrogens is 354 g/mol. The van der Waals surface area contributed by atoms with E-state index in [4.69, 9.17) is 0 Å². The van der Waals surface area contributed by atoms with Crippen LogP contribution in [0.25, 0.3) is 0 Å². The highest BCUT2D eigenvalue weighted by Crippen LogP contribution is 2.29. The normalized spacial score (nSPS) is 21.7. The van der Waals surface area contributed by atoms with Gasteiger partial charge in [-0.1, -0.05) is 44.2 Å². The van der Waals surface area contributed by atoms with Gasteiger partial charge in [-0.2, -0.15) is 0 Å². The summed E-state index contributed by atoms with van der Waals surface area (Å²) in [6, 6.07) is 14.9. The summed E-state index contributed by atoms with van der Waals surface area (Å²) < 4.78 is 0. The lowest BCUT2D eigenvalue weighted by atomic mass is 10.0. The molecule has 6 heteroatoms. The number of urea groups is 1. The highest BCUT2D eigenvalue weighted by molar-refractivity contribution is 6.19. The van der Waals surface area contributed by atoms with Crippen molar-refractivity contribution in [3.63, 3.8) is 0 Å². The molecule has 0 bridgehead atoms. The summed E-state index contributed by atoms with van der Waals surface area (Å²) in [5.41, 5.74) is 2.19. The van der Waals surface area contributed by atoms with E-state index in [1.807, 2.05) is 18.2 Å². The van der Waals surface area contributed by atoms with E-state index in [1.165, 1.54) is 0 Å². The Morgan fingerprint density at radius 2 is 1.71 bits per heavy atom. The predicted octanol–water partition coefficient (Wildman–Crippen LogP) is 3.15. The molecular formula is C22H23N3O3. The number of hydrogen-bond donors (Lipinski definition) is 1. The van der Waals surface area contributed by atoms with Gasteiger partial charge in [0.2, 0.25) is 0 Å². The van der Waals surface area contributed by atoms with Crippen molar-refractivity contribution >= 4 is 23.5 Å². The van der Waals surface area contributed by atoms with Gasteiger partial charge < -0.3 is 10.2 Å². The fourth-order valence-electron chi connectivity index (χ4n) is 3.93. The summed E-state index contributed by atoms with van der Waals surface area (Å²) in [5.74, 6) is -0.182. The van der Waals surface area contributed by atoms with Crippen molar-refractivity contribution in [1.29, 1.82) is 0 Å². The van der Waals surface area contributed by atoms with Crippen molar-refractivity contribution in [2.45, 2.75) is 38.3 Å². The second kappa shape index (κ2) is 7.11. The van der Waals surface area contributed by atoms with Gasteiger partial charge in [0.25, 0.3) is 11.8 Å². The van der Waals surface area contributed by atoms with Crippen LogP contribution in [0.2, 0.25) is 0 Å². The molecule has 2 aromatic carbocycles. The Balaban J connectivity index is 1.62. The van der Waals surface area contributed by atoms with Gasteiger partial charge in [-0.15, -0.1) is 0 Å². The largest absolute Gasteiger partial charge is 0.332 e. The number of amides is 4. The van der Waals surface area contributed by atoms with Crippen molar-refractivity contribution in [3.05, 3.63) is 65.7 Å². The second-order valence-electron chi connectivity index (χ2n) is 7.57. The third-order valence-corrected chi connectivity index (χ3v) is 5.48. The first-order valence-electron chi connectivity index (χ1n) is 9.58. The van der Waals surface area contributed by atoms with Crippen LogP contribution in [0.1, 0.15) is 42.1 Å². The zero-order valence-electron chi connectivity index (χ0n) is 16.0. The summed E-state index contributed by atoms with van der Waals surface area (Å²) >= 11 is 0. The average molecular weight is 377 g/mol. The number of carbonyl (C=O) groups excluding carboxylic acids is 3. The topological polar surface area (TPSA) is 69.7 Å². The molecule has 0 aliphatic carbocycles. The van der Waals surface area contributed by atoms with Gasteiger partial charge in [0.15, 0.2) is 0 Å². The molecule has 28 heavy (non-hydrogen) atoms. The summed E-state index contributed by atoms with van der Waals surface area (Å²) in [6.07, 6.45) is 0.570. The fourth-order valence-corrected chi connectivity index (χ4v) is 3.93. The Morgan fingerprint density at radius 1 is 1.04 bits per heavy atom. The quantitative estimate of drug-likeness (QED) is 0.893. The van der Waals surface area contributed by atoms with E-state index >= 15 is 0 Å². The van der Waals surface area contributed by atoms with Crippen molar-refractivity contribution < 1.29 is 14.4 Å². The molecule has 144 valence electrons. The summed E-state index contributed by atoms with van der Waals surface area (Å²) in [4.78, 5) is 41.5. The number of anilines is 1. The zero-order valence-corrected chi connectivity index (χ0v) is 16.0. The lowest BCUT2D eigenvalue weighted by Gasteiger charge is -2.37. The fraction of sp³-hybridized carbons (Fsp3) is 0.318. The smallest absolute Gasteiger partial charge is 0.329 e. The first kappa shape index (κ1) is 18.2. The zero-order chi connectivity index (χ0) is 19.8. The maximum Gasteiger partial charge on any atom is 0.329 e. The number of nitrogens with one attached hydrogen (secondary N) is 1. The first-order valence-corrected chi connectivity index (χ1v) is 9.58. The lowest BCUT2D eigenvalue weighted by Crippen LogP contribution is -2.65. The number of carbonyl (C=O) groups is 3. The molecule has 0 radical (unpaired) electrons. The van der Waals surface area contributed by atoms with Crippen molar-refractivity contribution in [3.8, 4) is 0 Å². The van der Waals surface area contributed by atoms with Gasteiger partial charge in [0, 0.05) is 12.1 Å². The Bertz CT molecular complexity index is 908. The third-order valence-electron chi connectivity index (χ3n) is 5.48. The minimum absolute atomic E-state index is 0.187. The van der Waals surface area contributed by atoms with Crippen molar-refractivity contribution in [2.24, 2.45) is 0 Å². The number of nitrogens with zero attached hydrogens (tertiary/aromatic N) is 2. The molecule has 2 atom stereocenters. The highest BCUT2D eigenvalue weighted by Gasteiger charge is 2.49. The van der Waals surface area contributed by atoms with Gasteiger partial charge >= 0.3 is 6.03 Å². The van der Waals surface area contributed by atoms with Gasteiger partial charge in [-0.05, 0) is 42.2 Å². The van der Waals surface area contributed by atoms with E-state index in [9.17, 15) is 14.4 Å². The van der Waals surface area contributed by atoms with Gasteiger partial charge in [0.05, 0.1) is 11.7 Å². The molecule has 2 saturated heterocycles. The van der Waals surface area contributed by atoms with Crippen LogP contribution in [0.3, 0.4) is 0 Å². The van der Waals surface area contributed by atoms with E-state index in [0.717, 1.165) is 10.5 Å². The Labute approximate surface area is 164 Å². The molecule has 0 unspecified atom stereocenters. The van der Waals surface area contributed by atoms with Crippen LogP contribution in [-0.4, -0.2) is 41.4 Å². The Hall–Kier alpha value is -3.15. The molecule has 2 aromatic rings. The van der Waals surface area contributed by atoms with E-state index in [-0.39, 0.29) is 17.9 Å². The maximum atomic E-state index is 13.3. The van der Waals surface area contributed by atoms with E-state index in [1.54, 1.807) is 41.3 Å². The second-order valence-corrected chi connectivity index (χ2v) is 7.57. The Morgan fingerprint density at radius 3 is 2.36 bits per heavy atom. The molecule has 6 nitrogen and oxygen atoms in total. The minimum Gasteiger partial charge on any atom is -0.332 e. The number of rotatable bonds is 3. The van der Waals surface area contributed by atoms with Crippen LogP contribution < -0.4 is 10.2 Å². The molecule has 0 spiro atoms. The van der Waals surface area contributed by atoms with Gasteiger partial charge in [-0.3, -0.25) is 9.59 Å². The van der Waals surface area contributed by atoms with E-state index in [2.05, 4.69) is 19.2 Å². The lowest BCUT2D eigenvalue weighted by molar-refractivity contribution is -0.122. The Kier molecular flexibility index (Phi) is 4.63. The molecule has 0 saturated carbocycles. The summed E-state index contributed by atoms with van der Waals surface area (Å²) in [5, 5.41) is 2.90. The number of fused-ring (bicyclic) bond motifs is 1. The number of imide groups is 1. The van der Waals surface area contributed by atoms with Gasteiger partial charge in [0.1, 0.15) is 6.04 Å². The van der Waals surface area contributed by atoms with E-state index < -0.39 is 12.1 Å². The molecule has 2 heterocycles. The van der Waals surface area contributed by atoms with Crippen LogP contribution in [0, 0.1) is 0 Å². The number of benzene rings is 2. The summed E-state index contributed by atoms with van der Waals surface area (Å²) in [6.45, 7) is 4.61. The third kappa shape index (κ3) is 3.05. The predicted molar refractivity (Wildman–Crippen MR) is 106 cm³/mol. The standard InChI is InChI=1S/C22H23N3O3/c1-14(2)15-8-10-17(11-9-15)25-21(27)19-18(23-22(25)28)12-13-24(19)20(26)16-6-4-3-5-7-16/h3-11,14,18-19H,12-13H2,1-2H3,(H,23,28)/t18-,19+/m1/s1. The minimum atomic E-state index is -0.685. The van der Waals surface area contributed by atoms with Crippen LogP contribution >= 0.6 is 0 Å². The molecule has 2 aliphatic heterocycles. The highest BCUT2D eigenvalue weighted by atomic mass is 16.2. The van der Waals surface area contributed by atoms with E-state index in [0.29, 0.717) is 30.1 Å². The SMILES string of the molecule is CC(C)c1ccc(N2C(=O)N[C@@H]3CCN(C(=O)c4ccccc4)[C@@H]3C2=O)cc1. The number of hydrogen-bond acceptors (Lipinski definition) is 3. The van der Waals surface area contributed by atoms with Crippen LogP contribution in [0.15, 0.2) is 54.6 Å². The van der Waals surface area contributed by atoms with Crippen molar-refractivity contribution in [1.82, 2.24) is 10.2 Å². The number of likely N-dealkylation sites (tertiary alicyclic amines) is 1. The average Bonchev–Trinajstić information content (AvgIpc) is 3.12. The molecule has 2 aliphatic rings. The monoisotopic (exact) mass is 377 g/mol. The molecule has 1 N–H and O–H groups in total. The van der Waals surface area contributed by atoms with Crippen LogP contribution in [0.5, 0.6) is 0 Å². The van der Waals surface area contributed by atoms with Crippen LogP contribution in [0.4, 0.5) is 10.5 Å². The molecule has 4 amide bonds. The van der Waals surface area contributed by atoms with Gasteiger partial charge in [-0.25, -0.2) is 9.69 Å². The summed E-state index contributed by atoms with van der Waals surface area (Å²) in [7, 11) is 0. The molecule has 0 aromatic heterocycles. The molecule has 2 fully saturated rings. The van der Waals surface area contributed by atoms with Crippen LogP contribution in [-0.2, 0) is 4.79 Å². The maximum absolute atomic E-state index is 13.3. The first-order chi connectivity index (χ1) is 13.5.